The van der Waals surface area contributed by atoms with Crippen molar-refractivity contribution in [3.8, 4) is 11.5 Å². The molecule has 0 aliphatic carbocycles. The number of hydrogen-bond donors (Lipinski definition) is 2. The first-order valence-electron chi connectivity index (χ1n) is 7.07. The molecule has 1 saturated heterocycles. The van der Waals surface area contributed by atoms with E-state index in [0.717, 1.165) is 22.6 Å². The van der Waals surface area contributed by atoms with Crippen molar-refractivity contribution in [3.05, 3.63) is 23.3 Å². The summed E-state index contributed by atoms with van der Waals surface area (Å²) in [5.74, 6) is 0.348. The molecule has 114 valence electrons. The van der Waals surface area contributed by atoms with E-state index < -0.39 is 5.97 Å². The maximum absolute atomic E-state index is 11.1. The fourth-order valence-electron chi connectivity index (χ4n) is 2.97. The maximum atomic E-state index is 11.1. The van der Waals surface area contributed by atoms with E-state index in [1.807, 2.05) is 12.1 Å². The van der Waals surface area contributed by atoms with E-state index >= 15 is 0 Å². The smallest absolute Gasteiger partial charge is 0.307 e. The molecule has 2 atom stereocenters. The minimum atomic E-state index is -0.754. The highest BCUT2D eigenvalue weighted by molar-refractivity contribution is 5.71. The Morgan fingerprint density at radius 1 is 1.43 bits per heavy atom. The van der Waals surface area contributed by atoms with E-state index in [4.69, 9.17) is 19.3 Å². The van der Waals surface area contributed by atoms with Crippen molar-refractivity contribution in [2.75, 3.05) is 26.9 Å². The number of aliphatic carboxylic acids is 1. The van der Waals surface area contributed by atoms with Gasteiger partial charge in [-0.3, -0.25) is 4.79 Å². The van der Waals surface area contributed by atoms with Gasteiger partial charge in [-0.1, -0.05) is 6.07 Å². The number of carboxylic acid groups (broad SMARTS) is 1. The first-order chi connectivity index (χ1) is 10.2. The van der Waals surface area contributed by atoms with E-state index in [2.05, 4.69) is 5.32 Å². The molecule has 2 unspecified atom stereocenters. The Hall–Kier alpha value is -1.79. The van der Waals surface area contributed by atoms with Crippen LogP contribution in [0.25, 0.3) is 0 Å². The molecule has 0 radical (unpaired) electrons. The third-order valence-electron chi connectivity index (χ3n) is 3.99. The van der Waals surface area contributed by atoms with E-state index in [-0.39, 0.29) is 12.0 Å². The van der Waals surface area contributed by atoms with Gasteiger partial charge in [0.15, 0.2) is 11.5 Å². The summed E-state index contributed by atoms with van der Waals surface area (Å²) in [5.41, 5.74) is 1.98. The molecule has 0 bridgehead atoms. The van der Waals surface area contributed by atoms with Crippen LogP contribution in [0.1, 0.15) is 23.6 Å². The van der Waals surface area contributed by atoms with Crippen molar-refractivity contribution in [1.82, 2.24) is 5.32 Å². The minimum absolute atomic E-state index is 0.00655. The molecule has 0 spiro atoms. The van der Waals surface area contributed by atoms with E-state index in [9.17, 15) is 4.79 Å². The van der Waals surface area contributed by atoms with Gasteiger partial charge in [-0.25, -0.2) is 0 Å². The number of hydrogen-bond acceptors (Lipinski definition) is 5. The SMILES string of the molecule is COCc1c(C2CC(C(=O)O)CN2)ccc2c1OCCO2. The number of rotatable bonds is 4. The van der Waals surface area contributed by atoms with Gasteiger partial charge >= 0.3 is 5.97 Å². The summed E-state index contributed by atoms with van der Waals surface area (Å²) in [4.78, 5) is 11.1. The highest BCUT2D eigenvalue weighted by Gasteiger charge is 2.33. The predicted octanol–water partition coefficient (Wildman–Crippen LogP) is 1.34. The maximum Gasteiger partial charge on any atom is 0.307 e. The highest BCUT2D eigenvalue weighted by atomic mass is 16.6. The molecule has 6 heteroatoms. The lowest BCUT2D eigenvalue weighted by Gasteiger charge is -2.25. The lowest BCUT2D eigenvalue weighted by Crippen LogP contribution is -2.20. The molecule has 0 saturated carbocycles. The van der Waals surface area contributed by atoms with Crippen molar-refractivity contribution in [2.24, 2.45) is 5.92 Å². The monoisotopic (exact) mass is 293 g/mol. The van der Waals surface area contributed by atoms with E-state index in [1.54, 1.807) is 7.11 Å². The Morgan fingerprint density at radius 3 is 2.95 bits per heavy atom. The van der Waals surface area contributed by atoms with Crippen LogP contribution in [0.3, 0.4) is 0 Å². The average molecular weight is 293 g/mol. The lowest BCUT2D eigenvalue weighted by atomic mass is 9.95. The molecule has 0 aromatic heterocycles. The van der Waals surface area contributed by atoms with E-state index in [0.29, 0.717) is 32.8 Å². The number of ether oxygens (including phenoxy) is 3. The Bertz CT molecular complexity index is 545. The zero-order valence-corrected chi connectivity index (χ0v) is 11.9. The van der Waals surface area contributed by atoms with Crippen molar-refractivity contribution < 1.29 is 24.1 Å². The van der Waals surface area contributed by atoms with Crippen LogP contribution in [0, 0.1) is 5.92 Å². The number of carbonyl (C=O) groups is 1. The van der Waals surface area contributed by atoms with Crippen LogP contribution in [-0.4, -0.2) is 37.9 Å². The standard InChI is InChI=1S/C15H19NO5/c1-19-8-11-10(12-6-9(7-16-12)15(17)18)2-3-13-14(11)21-5-4-20-13/h2-3,9,12,16H,4-8H2,1H3,(H,17,18). The Kier molecular flexibility index (Phi) is 3.98. The Labute approximate surface area is 123 Å². The summed E-state index contributed by atoms with van der Waals surface area (Å²) < 4.78 is 16.6. The van der Waals surface area contributed by atoms with Gasteiger partial charge in [0.1, 0.15) is 13.2 Å². The van der Waals surface area contributed by atoms with Crippen LogP contribution in [0.2, 0.25) is 0 Å². The first kappa shape index (κ1) is 14.2. The molecule has 2 aliphatic rings. The molecular formula is C15H19NO5. The predicted molar refractivity (Wildman–Crippen MR) is 74.6 cm³/mol. The van der Waals surface area contributed by atoms with Crippen LogP contribution in [-0.2, 0) is 16.1 Å². The second kappa shape index (κ2) is 5.91. The third kappa shape index (κ3) is 2.69. The van der Waals surface area contributed by atoms with Crippen LogP contribution in [0.15, 0.2) is 12.1 Å². The largest absolute Gasteiger partial charge is 0.486 e. The molecule has 2 aliphatic heterocycles. The summed E-state index contributed by atoms with van der Waals surface area (Å²) in [7, 11) is 1.63. The average Bonchev–Trinajstić information content (AvgIpc) is 2.98. The van der Waals surface area contributed by atoms with Crippen molar-refractivity contribution in [3.63, 3.8) is 0 Å². The molecule has 6 nitrogen and oxygen atoms in total. The fourth-order valence-corrected chi connectivity index (χ4v) is 2.97. The fraction of sp³-hybridized carbons (Fsp3) is 0.533. The van der Waals surface area contributed by atoms with Crippen LogP contribution in [0.4, 0.5) is 0 Å². The molecule has 3 rings (SSSR count). The first-order valence-corrected chi connectivity index (χ1v) is 7.07. The summed E-state index contributed by atoms with van der Waals surface area (Å²) in [6.45, 7) is 1.96. The van der Waals surface area contributed by atoms with Gasteiger partial charge in [0.2, 0.25) is 0 Å². The second-order valence-electron chi connectivity index (χ2n) is 5.32. The number of carboxylic acids is 1. The van der Waals surface area contributed by atoms with Gasteiger partial charge in [-0.2, -0.15) is 0 Å². The van der Waals surface area contributed by atoms with Gasteiger partial charge in [-0.15, -0.1) is 0 Å². The van der Waals surface area contributed by atoms with Crippen LogP contribution in [0.5, 0.6) is 11.5 Å². The van der Waals surface area contributed by atoms with Gasteiger partial charge in [0, 0.05) is 25.3 Å². The number of nitrogens with one attached hydrogen (secondary N) is 1. The molecule has 21 heavy (non-hydrogen) atoms. The summed E-state index contributed by atoms with van der Waals surface area (Å²) in [6.07, 6.45) is 0.575. The van der Waals surface area contributed by atoms with E-state index in [1.165, 1.54) is 0 Å². The summed E-state index contributed by atoms with van der Waals surface area (Å²) in [5, 5.41) is 12.4. The molecule has 0 amide bonds. The number of fused-ring (bicyclic) bond motifs is 1. The summed E-state index contributed by atoms with van der Waals surface area (Å²) in [6, 6.07) is 3.87. The zero-order valence-electron chi connectivity index (χ0n) is 11.9. The van der Waals surface area contributed by atoms with Crippen molar-refractivity contribution in [2.45, 2.75) is 19.1 Å². The molecule has 1 aromatic carbocycles. The number of benzene rings is 1. The third-order valence-corrected chi connectivity index (χ3v) is 3.99. The molecule has 2 N–H and O–H groups in total. The normalized spacial score (nSPS) is 24.0. The minimum Gasteiger partial charge on any atom is -0.486 e. The topological polar surface area (TPSA) is 77.0 Å². The lowest BCUT2D eigenvalue weighted by molar-refractivity contribution is -0.141. The van der Waals surface area contributed by atoms with Gasteiger partial charge in [-0.05, 0) is 18.1 Å². The zero-order chi connectivity index (χ0) is 14.8. The quantitative estimate of drug-likeness (QED) is 0.872. The van der Waals surface area contributed by atoms with Crippen molar-refractivity contribution in [1.29, 1.82) is 0 Å². The molecule has 1 fully saturated rings. The van der Waals surface area contributed by atoms with Gasteiger partial charge < -0.3 is 24.6 Å². The molecular weight excluding hydrogens is 274 g/mol. The summed E-state index contributed by atoms with van der Waals surface area (Å²) >= 11 is 0. The second-order valence-corrected chi connectivity index (χ2v) is 5.32. The van der Waals surface area contributed by atoms with Crippen LogP contribution >= 0.6 is 0 Å². The van der Waals surface area contributed by atoms with Gasteiger partial charge in [0.05, 0.1) is 12.5 Å². The Balaban J connectivity index is 1.93. The van der Waals surface area contributed by atoms with Crippen LogP contribution < -0.4 is 14.8 Å². The van der Waals surface area contributed by atoms with Crippen molar-refractivity contribution >= 4 is 5.97 Å². The molecule has 1 aromatic rings. The Morgan fingerprint density at radius 2 is 2.24 bits per heavy atom. The number of methoxy groups -OCH3 is 1. The highest BCUT2D eigenvalue weighted by Crippen LogP contribution is 2.40. The molecule has 2 heterocycles. The van der Waals surface area contributed by atoms with Gasteiger partial charge in [0.25, 0.3) is 0 Å².